The minimum absolute atomic E-state index is 0.553. The molecule has 0 radical (unpaired) electrons. The van der Waals surface area contributed by atoms with E-state index in [1.807, 2.05) is 0 Å². The van der Waals surface area contributed by atoms with Crippen molar-refractivity contribution in [1.82, 2.24) is 5.32 Å². The van der Waals surface area contributed by atoms with Crippen LogP contribution in [0.1, 0.15) is 23.1 Å². The van der Waals surface area contributed by atoms with Gasteiger partial charge in [0.05, 0.1) is 5.56 Å². The number of benzene rings is 1. The molecular weight excluding hydrogens is 227 g/mol. The van der Waals surface area contributed by atoms with E-state index in [0.717, 1.165) is 37.1 Å². The molecule has 1 aromatic carbocycles. The van der Waals surface area contributed by atoms with Gasteiger partial charge in [0.2, 0.25) is 0 Å². The fourth-order valence-corrected chi connectivity index (χ4v) is 2.30. The van der Waals surface area contributed by atoms with Gasteiger partial charge in [-0.2, -0.15) is 13.2 Å². The number of alkyl halides is 3. The molecule has 4 heteroatoms. The first kappa shape index (κ1) is 12.4. The zero-order valence-electron chi connectivity index (χ0n) is 9.77. The monoisotopic (exact) mass is 243 g/mol. The SMILES string of the molecule is Cc1cc(C(F)(F)F)ccc1CC1CCNC1. The Balaban J connectivity index is 2.14. The minimum Gasteiger partial charge on any atom is -0.316 e. The Morgan fingerprint density at radius 1 is 1.35 bits per heavy atom. The van der Waals surface area contributed by atoms with Crippen molar-refractivity contribution in [2.45, 2.75) is 25.9 Å². The zero-order valence-corrected chi connectivity index (χ0v) is 9.77. The maximum absolute atomic E-state index is 12.5. The molecule has 0 bridgehead atoms. The Bertz CT molecular complexity index is 392. The van der Waals surface area contributed by atoms with Crippen molar-refractivity contribution in [3.8, 4) is 0 Å². The summed E-state index contributed by atoms with van der Waals surface area (Å²) in [5, 5.41) is 3.27. The lowest BCUT2D eigenvalue weighted by Crippen LogP contribution is -2.12. The molecule has 1 unspecified atom stereocenters. The topological polar surface area (TPSA) is 12.0 Å². The molecule has 1 heterocycles. The van der Waals surface area contributed by atoms with Crippen molar-refractivity contribution in [2.24, 2.45) is 5.92 Å². The van der Waals surface area contributed by atoms with E-state index < -0.39 is 11.7 Å². The molecule has 0 aliphatic carbocycles. The molecule has 0 spiro atoms. The van der Waals surface area contributed by atoms with Crippen LogP contribution in [0, 0.1) is 12.8 Å². The zero-order chi connectivity index (χ0) is 12.5. The highest BCUT2D eigenvalue weighted by Crippen LogP contribution is 2.31. The van der Waals surface area contributed by atoms with E-state index >= 15 is 0 Å². The van der Waals surface area contributed by atoms with Gasteiger partial charge in [0, 0.05) is 0 Å². The van der Waals surface area contributed by atoms with Crippen LogP contribution in [0.15, 0.2) is 18.2 Å². The molecule has 1 fully saturated rings. The predicted molar refractivity (Wildman–Crippen MR) is 60.9 cm³/mol. The van der Waals surface area contributed by atoms with Crippen LogP contribution in [0.5, 0.6) is 0 Å². The van der Waals surface area contributed by atoms with Crippen LogP contribution in [0.2, 0.25) is 0 Å². The number of hydrogen-bond acceptors (Lipinski definition) is 1. The van der Waals surface area contributed by atoms with Gasteiger partial charge in [0.15, 0.2) is 0 Å². The van der Waals surface area contributed by atoms with Crippen LogP contribution in [0.4, 0.5) is 13.2 Å². The van der Waals surface area contributed by atoms with Crippen LogP contribution in [-0.4, -0.2) is 13.1 Å². The molecule has 1 aliphatic rings. The van der Waals surface area contributed by atoms with Gasteiger partial charge in [-0.3, -0.25) is 0 Å². The summed E-state index contributed by atoms with van der Waals surface area (Å²) in [5.41, 5.74) is 1.22. The molecule has 0 aromatic heterocycles. The second-order valence-corrected chi connectivity index (χ2v) is 4.70. The van der Waals surface area contributed by atoms with E-state index in [2.05, 4.69) is 5.32 Å². The van der Waals surface area contributed by atoms with Crippen LogP contribution in [-0.2, 0) is 12.6 Å². The lowest BCUT2D eigenvalue weighted by molar-refractivity contribution is -0.137. The lowest BCUT2D eigenvalue weighted by atomic mass is 9.94. The third kappa shape index (κ3) is 3.00. The molecule has 1 aliphatic heterocycles. The smallest absolute Gasteiger partial charge is 0.316 e. The van der Waals surface area contributed by atoms with Crippen molar-refractivity contribution >= 4 is 0 Å². The first-order valence-corrected chi connectivity index (χ1v) is 5.84. The fourth-order valence-electron chi connectivity index (χ4n) is 2.30. The van der Waals surface area contributed by atoms with Crippen molar-refractivity contribution in [1.29, 1.82) is 0 Å². The number of aryl methyl sites for hydroxylation is 1. The van der Waals surface area contributed by atoms with Crippen LogP contribution >= 0.6 is 0 Å². The molecule has 1 saturated heterocycles. The Morgan fingerprint density at radius 3 is 2.65 bits per heavy atom. The Kier molecular flexibility index (Phi) is 3.43. The van der Waals surface area contributed by atoms with E-state index in [4.69, 9.17) is 0 Å². The summed E-state index contributed by atoms with van der Waals surface area (Å²) < 4.78 is 37.5. The van der Waals surface area contributed by atoms with Crippen LogP contribution in [0.25, 0.3) is 0 Å². The van der Waals surface area contributed by atoms with Gasteiger partial charge < -0.3 is 5.32 Å². The molecule has 0 saturated carbocycles. The summed E-state index contributed by atoms with van der Waals surface area (Å²) in [7, 11) is 0. The summed E-state index contributed by atoms with van der Waals surface area (Å²) in [6.07, 6.45) is -2.25. The van der Waals surface area contributed by atoms with Gasteiger partial charge in [-0.1, -0.05) is 6.07 Å². The number of nitrogens with one attached hydrogen (secondary N) is 1. The predicted octanol–water partition coefficient (Wildman–Crippen LogP) is 3.17. The van der Waals surface area contributed by atoms with E-state index in [-0.39, 0.29) is 0 Å². The van der Waals surface area contributed by atoms with Crippen molar-refractivity contribution in [3.05, 3.63) is 34.9 Å². The molecular formula is C13H16F3N. The van der Waals surface area contributed by atoms with E-state index in [9.17, 15) is 13.2 Å². The summed E-state index contributed by atoms with van der Waals surface area (Å²) in [6.45, 7) is 3.75. The molecule has 1 N–H and O–H groups in total. The summed E-state index contributed by atoms with van der Waals surface area (Å²) in [6, 6.07) is 4.05. The van der Waals surface area contributed by atoms with Gasteiger partial charge >= 0.3 is 6.18 Å². The largest absolute Gasteiger partial charge is 0.416 e. The molecule has 1 aromatic rings. The number of halogens is 3. The van der Waals surface area contributed by atoms with Gasteiger partial charge in [-0.05, 0) is 62.0 Å². The first-order valence-electron chi connectivity index (χ1n) is 5.84. The Morgan fingerprint density at radius 2 is 2.12 bits per heavy atom. The minimum atomic E-state index is -4.24. The normalized spacial score (nSPS) is 20.8. The molecule has 1 atom stereocenters. The summed E-state index contributed by atoms with van der Waals surface area (Å²) in [5.74, 6) is 0.561. The fraction of sp³-hybridized carbons (Fsp3) is 0.538. The lowest BCUT2D eigenvalue weighted by Gasteiger charge is -2.13. The quantitative estimate of drug-likeness (QED) is 0.841. The molecule has 2 rings (SSSR count). The maximum atomic E-state index is 12.5. The molecule has 17 heavy (non-hydrogen) atoms. The van der Waals surface area contributed by atoms with Crippen molar-refractivity contribution < 1.29 is 13.2 Å². The van der Waals surface area contributed by atoms with Gasteiger partial charge in [0.1, 0.15) is 0 Å². The van der Waals surface area contributed by atoms with Gasteiger partial charge in [-0.15, -0.1) is 0 Å². The number of hydrogen-bond donors (Lipinski definition) is 1. The van der Waals surface area contributed by atoms with Crippen molar-refractivity contribution in [2.75, 3.05) is 13.1 Å². The van der Waals surface area contributed by atoms with E-state index in [1.54, 1.807) is 13.0 Å². The van der Waals surface area contributed by atoms with Gasteiger partial charge in [-0.25, -0.2) is 0 Å². The summed E-state index contributed by atoms with van der Waals surface area (Å²) in [4.78, 5) is 0. The highest BCUT2D eigenvalue weighted by Gasteiger charge is 2.30. The second kappa shape index (κ2) is 4.69. The average Bonchev–Trinajstić information content (AvgIpc) is 2.72. The van der Waals surface area contributed by atoms with E-state index in [1.165, 1.54) is 12.1 Å². The summed E-state index contributed by atoms with van der Waals surface area (Å²) >= 11 is 0. The Labute approximate surface area is 99.0 Å². The third-order valence-corrected chi connectivity index (χ3v) is 3.34. The maximum Gasteiger partial charge on any atom is 0.416 e. The van der Waals surface area contributed by atoms with E-state index in [0.29, 0.717) is 5.92 Å². The highest BCUT2D eigenvalue weighted by atomic mass is 19.4. The standard InChI is InChI=1S/C13H16F3N/c1-9-6-12(13(14,15)16)3-2-11(9)7-10-4-5-17-8-10/h2-3,6,10,17H,4-5,7-8H2,1H3. The van der Waals surface area contributed by atoms with Crippen molar-refractivity contribution in [3.63, 3.8) is 0 Å². The van der Waals surface area contributed by atoms with Crippen LogP contribution < -0.4 is 5.32 Å². The van der Waals surface area contributed by atoms with Crippen LogP contribution in [0.3, 0.4) is 0 Å². The molecule has 94 valence electrons. The average molecular weight is 243 g/mol. The Hall–Kier alpha value is -1.03. The highest BCUT2D eigenvalue weighted by molar-refractivity contribution is 5.32. The second-order valence-electron chi connectivity index (χ2n) is 4.70. The molecule has 1 nitrogen and oxygen atoms in total. The van der Waals surface area contributed by atoms with Gasteiger partial charge in [0.25, 0.3) is 0 Å². The molecule has 0 amide bonds. The number of rotatable bonds is 2. The third-order valence-electron chi connectivity index (χ3n) is 3.34. The first-order chi connectivity index (χ1) is 7.97.